The van der Waals surface area contributed by atoms with E-state index >= 15 is 0 Å². The van der Waals surface area contributed by atoms with Gasteiger partial charge in [0, 0.05) is 12.5 Å². The monoisotopic (exact) mass is 190 g/mol. The number of ether oxygens (including phenoxy) is 2. The molecule has 0 spiro atoms. The van der Waals surface area contributed by atoms with Crippen molar-refractivity contribution in [1.82, 2.24) is 0 Å². The smallest absolute Gasteiger partial charge is 0.0809 e. The van der Waals surface area contributed by atoms with Gasteiger partial charge < -0.3 is 9.47 Å². The molecule has 0 radical (unpaired) electrons. The first kappa shape index (κ1) is 10.0. The van der Waals surface area contributed by atoms with Crippen LogP contribution in [-0.2, 0) is 9.47 Å². The molecule has 2 nitrogen and oxygen atoms in total. The molecular weight excluding hydrogens is 176 g/mol. The van der Waals surface area contributed by atoms with E-state index in [-0.39, 0.29) is 0 Å². The molecule has 1 aliphatic heterocycles. The maximum Gasteiger partial charge on any atom is 0.0809 e. The summed E-state index contributed by atoms with van der Waals surface area (Å²) < 4.78 is 10.7. The highest BCUT2D eigenvalue weighted by atomic mass is 35.5. The molecule has 0 amide bonds. The van der Waals surface area contributed by atoms with E-state index in [9.17, 15) is 0 Å². The number of hydrogen-bond acceptors (Lipinski definition) is 2. The molecule has 1 atom stereocenters. The van der Waals surface area contributed by atoms with E-state index in [1.807, 2.05) is 0 Å². The van der Waals surface area contributed by atoms with Crippen LogP contribution in [0.1, 0.15) is 12.8 Å². The van der Waals surface area contributed by atoms with Crippen molar-refractivity contribution in [3.8, 4) is 0 Å². The third-order valence-corrected chi connectivity index (χ3v) is 2.20. The quantitative estimate of drug-likeness (QED) is 0.488. The maximum absolute atomic E-state index is 5.54. The topological polar surface area (TPSA) is 18.5 Å². The summed E-state index contributed by atoms with van der Waals surface area (Å²) in [6, 6.07) is 0. The first-order valence-corrected chi connectivity index (χ1v) is 4.78. The van der Waals surface area contributed by atoms with Crippen LogP contribution in [0.2, 0.25) is 0 Å². The largest absolute Gasteiger partial charge is 0.376 e. The van der Waals surface area contributed by atoms with Crippen LogP contribution in [-0.4, -0.2) is 31.8 Å². The Labute approximate surface area is 78.5 Å². The van der Waals surface area contributed by atoms with E-state index in [4.69, 9.17) is 21.1 Å². The van der Waals surface area contributed by atoms with Gasteiger partial charge in [-0.25, -0.2) is 0 Å². The summed E-state index contributed by atoms with van der Waals surface area (Å²) in [5.74, 6) is 0.478. The average Bonchev–Trinajstić information content (AvgIpc) is 2.57. The van der Waals surface area contributed by atoms with Crippen molar-refractivity contribution in [3.05, 3.63) is 12.2 Å². The Morgan fingerprint density at radius 1 is 1.67 bits per heavy atom. The second-order valence-corrected chi connectivity index (χ2v) is 3.30. The Morgan fingerprint density at radius 2 is 2.50 bits per heavy atom. The number of hydrogen-bond donors (Lipinski definition) is 0. The van der Waals surface area contributed by atoms with Gasteiger partial charge in [0.2, 0.25) is 0 Å². The first-order chi connectivity index (χ1) is 5.83. The highest BCUT2D eigenvalue weighted by Crippen LogP contribution is 2.12. The van der Waals surface area contributed by atoms with Crippen LogP contribution in [0.15, 0.2) is 12.2 Å². The number of alkyl halides is 1. The zero-order chi connectivity index (χ0) is 8.81. The summed E-state index contributed by atoms with van der Waals surface area (Å²) in [5, 5.41) is 0. The van der Waals surface area contributed by atoms with E-state index in [1.165, 1.54) is 0 Å². The van der Waals surface area contributed by atoms with Crippen LogP contribution in [0.5, 0.6) is 0 Å². The van der Waals surface area contributed by atoms with E-state index in [0.717, 1.165) is 25.0 Å². The Bertz CT molecular complexity index is 141. The predicted octanol–water partition coefficient (Wildman–Crippen LogP) is 1.98. The van der Waals surface area contributed by atoms with Gasteiger partial charge in [0.1, 0.15) is 0 Å². The minimum atomic E-state index is 0.299. The number of rotatable bonds is 5. The van der Waals surface area contributed by atoms with Crippen LogP contribution >= 0.6 is 11.6 Å². The molecular formula is C9H15ClO2. The molecule has 3 heteroatoms. The molecule has 0 aromatic heterocycles. The second kappa shape index (κ2) is 5.57. The Hall–Kier alpha value is -0.0500. The molecule has 0 aromatic rings. The Morgan fingerprint density at radius 3 is 3.08 bits per heavy atom. The Kier molecular flexibility index (Phi) is 4.66. The van der Waals surface area contributed by atoms with Crippen LogP contribution in [0.4, 0.5) is 0 Å². The van der Waals surface area contributed by atoms with Gasteiger partial charge in [-0.05, 0) is 18.4 Å². The van der Waals surface area contributed by atoms with Crippen LogP contribution in [0.25, 0.3) is 0 Å². The summed E-state index contributed by atoms with van der Waals surface area (Å²) in [7, 11) is 0. The minimum Gasteiger partial charge on any atom is -0.376 e. The zero-order valence-corrected chi connectivity index (χ0v) is 7.98. The van der Waals surface area contributed by atoms with Crippen LogP contribution in [0, 0.1) is 0 Å². The van der Waals surface area contributed by atoms with E-state index in [1.54, 1.807) is 0 Å². The molecule has 0 aromatic carbocycles. The molecule has 1 fully saturated rings. The SMILES string of the molecule is C=C(CCl)COCC1CCCO1. The van der Waals surface area contributed by atoms with Gasteiger partial charge >= 0.3 is 0 Å². The van der Waals surface area contributed by atoms with Crippen molar-refractivity contribution in [3.63, 3.8) is 0 Å². The van der Waals surface area contributed by atoms with Crippen molar-refractivity contribution < 1.29 is 9.47 Å². The van der Waals surface area contributed by atoms with Crippen LogP contribution in [0.3, 0.4) is 0 Å². The van der Waals surface area contributed by atoms with Gasteiger partial charge in [-0.2, -0.15) is 0 Å². The lowest BCUT2D eigenvalue weighted by molar-refractivity contribution is 0.0249. The molecule has 0 N–H and O–H groups in total. The summed E-state index contributed by atoms with van der Waals surface area (Å²) in [6.07, 6.45) is 2.57. The summed E-state index contributed by atoms with van der Waals surface area (Å²) in [5.41, 5.74) is 0.926. The molecule has 1 saturated heterocycles. The van der Waals surface area contributed by atoms with E-state index in [0.29, 0.717) is 25.2 Å². The van der Waals surface area contributed by atoms with Gasteiger partial charge in [-0.15, -0.1) is 11.6 Å². The molecule has 1 heterocycles. The highest BCUT2D eigenvalue weighted by molar-refractivity contribution is 6.19. The van der Waals surface area contributed by atoms with Gasteiger partial charge in [0.15, 0.2) is 0 Å². The minimum absolute atomic E-state index is 0.299. The fraction of sp³-hybridized carbons (Fsp3) is 0.778. The predicted molar refractivity (Wildman–Crippen MR) is 49.7 cm³/mol. The molecule has 12 heavy (non-hydrogen) atoms. The van der Waals surface area contributed by atoms with Crippen molar-refractivity contribution >= 4 is 11.6 Å². The van der Waals surface area contributed by atoms with E-state index < -0.39 is 0 Å². The lowest BCUT2D eigenvalue weighted by Gasteiger charge is -2.09. The third-order valence-electron chi connectivity index (χ3n) is 1.82. The fourth-order valence-corrected chi connectivity index (χ4v) is 1.23. The second-order valence-electron chi connectivity index (χ2n) is 3.03. The lowest BCUT2D eigenvalue weighted by Crippen LogP contribution is -2.15. The summed E-state index contributed by atoms with van der Waals surface area (Å²) >= 11 is 5.54. The van der Waals surface area contributed by atoms with Crippen molar-refractivity contribution in [2.24, 2.45) is 0 Å². The lowest BCUT2D eigenvalue weighted by atomic mass is 10.2. The van der Waals surface area contributed by atoms with Gasteiger partial charge in [-0.1, -0.05) is 6.58 Å². The van der Waals surface area contributed by atoms with Gasteiger partial charge in [0.05, 0.1) is 19.3 Å². The normalized spacial score (nSPS) is 22.9. The van der Waals surface area contributed by atoms with Crippen LogP contribution < -0.4 is 0 Å². The first-order valence-electron chi connectivity index (χ1n) is 4.25. The highest BCUT2D eigenvalue weighted by Gasteiger charge is 2.14. The summed E-state index contributed by atoms with van der Waals surface area (Å²) in [4.78, 5) is 0. The van der Waals surface area contributed by atoms with Crippen molar-refractivity contribution in [2.45, 2.75) is 18.9 Å². The molecule has 1 unspecified atom stereocenters. The zero-order valence-electron chi connectivity index (χ0n) is 7.22. The summed E-state index contributed by atoms with van der Waals surface area (Å²) in [6.45, 7) is 5.85. The molecule has 0 bridgehead atoms. The van der Waals surface area contributed by atoms with Gasteiger partial charge in [-0.3, -0.25) is 0 Å². The average molecular weight is 191 g/mol. The fourth-order valence-electron chi connectivity index (χ4n) is 1.15. The molecule has 70 valence electrons. The third kappa shape index (κ3) is 3.57. The molecule has 1 aliphatic rings. The Balaban J connectivity index is 1.97. The van der Waals surface area contributed by atoms with Gasteiger partial charge in [0.25, 0.3) is 0 Å². The molecule has 0 saturated carbocycles. The van der Waals surface area contributed by atoms with Crippen molar-refractivity contribution in [1.29, 1.82) is 0 Å². The molecule has 0 aliphatic carbocycles. The van der Waals surface area contributed by atoms with E-state index in [2.05, 4.69) is 6.58 Å². The standard InChI is InChI=1S/C9H15ClO2/c1-8(5-10)6-11-7-9-3-2-4-12-9/h9H,1-7H2. The maximum atomic E-state index is 5.54. The number of halogens is 1. The molecule has 1 rings (SSSR count). The van der Waals surface area contributed by atoms with Crippen molar-refractivity contribution in [2.75, 3.05) is 25.7 Å².